The summed E-state index contributed by atoms with van der Waals surface area (Å²) in [4.78, 5) is 4.33. The Balaban J connectivity index is 1.76. The highest BCUT2D eigenvalue weighted by atomic mass is 79.9. The maximum absolute atomic E-state index is 5.40. The van der Waals surface area contributed by atoms with Crippen LogP contribution < -0.4 is 10.1 Å². The molecule has 3 rings (SSSR count). The number of rotatable bonds is 6. The molecule has 0 saturated heterocycles. The highest BCUT2D eigenvalue weighted by molar-refractivity contribution is 9.10. The Kier molecular flexibility index (Phi) is 4.03. The molecule has 6 heteroatoms. The van der Waals surface area contributed by atoms with Gasteiger partial charge in [-0.1, -0.05) is 15.9 Å². The van der Waals surface area contributed by atoms with Gasteiger partial charge in [0.25, 0.3) is 0 Å². The van der Waals surface area contributed by atoms with Crippen molar-refractivity contribution in [3.8, 4) is 5.75 Å². The molecule has 2 aromatic rings. The van der Waals surface area contributed by atoms with Gasteiger partial charge in [-0.25, -0.2) is 9.67 Å². The lowest BCUT2D eigenvalue weighted by molar-refractivity contribution is 0.406. The first-order valence-corrected chi connectivity index (χ1v) is 7.48. The first kappa shape index (κ1) is 13.6. The number of aromatic nitrogens is 3. The lowest BCUT2D eigenvalue weighted by atomic mass is 10.2. The van der Waals surface area contributed by atoms with E-state index in [2.05, 4.69) is 37.4 Å². The molecule has 1 aliphatic rings. The molecule has 0 radical (unpaired) electrons. The van der Waals surface area contributed by atoms with E-state index in [1.165, 1.54) is 12.8 Å². The number of methoxy groups -OCH3 is 1. The predicted octanol–water partition coefficient (Wildman–Crippen LogP) is 2.35. The van der Waals surface area contributed by atoms with E-state index in [0.29, 0.717) is 12.6 Å². The Morgan fingerprint density at radius 3 is 3.05 bits per heavy atom. The zero-order valence-electron chi connectivity index (χ0n) is 11.3. The number of hydrogen-bond donors (Lipinski definition) is 1. The molecule has 1 saturated carbocycles. The van der Waals surface area contributed by atoms with Gasteiger partial charge in [0.1, 0.15) is 17.9 Å². The fourth-order valence-electron chi connectivity index (χ4n) is 2.11. The number of nitrogens with one attached hydrogen (secondary N) is 1. The summed E-state index contributed by atoms with van der Waals surface area (Å²) in [7, 11) is 1.68. The minimum atomic E-state index is 0.657. The number of hydrogen-bond acceptors (Lipinski definition) is 4. The van der Waals surface area contributed by atoms with Crippen LogP contribution in [0.1, 0.15) is 24.2 Å². The summed E-state index contributed by atoms with van der Waals surface area (Å²) < 4.78 is 8.35. The van der Waals surface area contributed by atoms with E-state index >= 15 is 0 Å². The molecule has 0 atom stereocenters. The average Bonchev–Trinajstić information content (AvgIpc) is 3.17. The van der Waals surface area contributed by atoms with Gasteiger partial charge in [0.05, 0.1) is 20.2 Å². The molecule has 0 amide bonds. The van der Waals surface area contributed by atoms with Crippen molar-refractivity contribution in [2.45, 2.75) is 32.0 Å². The number of nitrogens with zero attached hydrogens (tertiary/aromatic N) is 3. The first-order chi connectivity index (χ1) is 9.76. The van der Waals surface area contributed by atoms with Gasteiger partial charge >= 0.3 is 0 Å². The molecule has 1 aromatic heterocycles. The van der Waals surface area contributed by atoms with Crippen LogP contribution in [0, 0.1) is 0 Å². The van der Waals surface area contributed by atoms with Crippen molar-refractivity contribution in [3.63, 3.8) is 0 Å². The largest absolute Gasteiger partial charge is 0.496 e. The van der Waals surface area contributed by atoms with E-state index in [1.807, 2.05) is 16.8 Å². The number of halogens is 1. The fourth-order valence-corrected chi connectivity index (χ4v) is 2.52. The number of benzene rings is 1. The van der Waals surface area contributed by atoms with E-state index in [0.717, 1.165) is 28.2 Å². The summed E-state index contributed by atoms with van der Waals surface area (Å²) in [5.41, 5.74) is 1.08. The van der Waals surface area contributed by atoms with E-state index < -0.39 is 0 Å². The highest BCUT2D eigenvalue weighted by Crippen LogP contribution is 2.24. The molecule has 0 spiro atoms. The van der Waals surface area contributed by atoms with Crippen molar-refractivity contribution in [1.82, 2.24) is 20.1 Å². The van der Waals surface area contributed by atoms with Gasteiger partial charge in [-0.2, -0.15) is 5.10 Å². The van der Waals surface area contributed by atoms with Crippen LogP contribution in [-0.4, -0.2) is 27.9 Å². The SMILES string of the molecule is COc1ccc(Br)cc1Cn1ncnc1CNC1CC1. The minimum absolute atomic E-state index is 0.657. The van der Waals surface area contributed by atoms with E-state index in [1.54, 1.807) is 13.4 Å². The van der Waals surface area contributed by atoms with Gasteiger partial charge in [-0.3, -0.25) is 0 Å². The quantitative estimate of drug-likeness (QED) is 0.879. The van der Waals surface area contributed by atoms with Crippen molar-refractivity contribution < 1.29 is 4.74 Å². The van der Waals surface area contributed by atoms with Gasteiger partial charge < -0.3 is 10.1 Å². The van der Waals surface area contributed by atoms with Crippen LogP contribution >= 0.6 is 15.9 Å². The summed E-state index contributed by atoms with van der Waals surface area (Å²) in [6.07, 6.45) is 4.15. The normalized spacial score (nSPS) is 14.5. The molecule has 1 heterocycles. The third-order valence-electron chi connectivity index (χ3n) is 3.38. The van der Waals surface area contributed by atoms with Crippen LogP contribution in [-0.2, 0) is 13.1 Å². The molecule has 106 valence electrons. The van der Waals surface area contributed by atoms with Crippen LogP contribution in [0.15, 0.2) is 29.0 Å². The Morgan fingerprint density at radius 2 is 2.30 bits per heavy atom. The minimum Gasteiger partial charge on any atom is -0.496 e. The molecule has 1 aliphatic carbocycles. The van der Waals surface area contributed by atoms with Gasteiger partial charge in [-0.15, -0.1) is 0 Å². The highest BCUT2D eigenvalue weighted by Gasteiger charge is 2.21. The molecule has 1 aromatic carbocycles. The van der Waals surface area contributed by atoms with E-state index in [-0.39, 0.29) is 0 Å². The van der Waals surface area contributed by atoms with Gasteiger partial charge in [0.2, 0.25) is 0 Å². The monoisotopic (exact) mass is 336 g/mol. The zero-order valence-corrected chi connectivity index (χ0v) is 12.9. The summed E-state index contributed by atoms with van der Waals surface area (Å²) >= 11 is 3.49. The number of ether oxygens (including phenoxy) is 1. The zero-order chi connectivity index (χ0) is 13.9. The third-order valence-corrected chi connectivity index (χ3v) is 3.88. The average molecular weight is 337 g/mol. The Labute approximate surface area is 126 Å². The molecular weight excluding hydrogens is 320 g/mol. The molecule has 0 aliphatic heterocycles. The maximum atomic E-state index is 5.40. The summed E-state index contributed by atoms with van der Waals surface area (Å²) in [6, 6.07) is 6.65. The molecule has 1 N–H and O–H groups in total. The van der Waals surface area contributed by atoms with Crippen LogP contribution in [0.25, 0.3) is 0 Å². The van der Waals surface area contributed by atoms with Crippen LogP contribution in [0.3, 0.4) is 0 Å². The standard InChI is InChI=1S/C14H17BrN4O/c1-20-13-5-2-11(15)6-10(13)8-19-14(17-9-18-19)7-16-12-3-4-12/h2,5-6,9,12,16H,3-4,7-8H2,1H3. The van der Waals surface area contributed by atoms with Gasteiger partial charge in [0, 0.05) is 16.1 Å². The Hall–Kier alpha value is -1.40. The smallest absolute Gasteiger partial charge is 0.141 e. The molecule has 5 nitrogen and oxygen atoms in total. The van der Waals surface area contributed by atoms with Crippen molar-refractivity contribution >= 4 is 15.9 Å². The third kappa shape index (κ3) is 3.19. The maximum Gasteiger partial charge on any atom is 0.141 e. The molecule has 0 unspecified atom stereocenters. The van der Waals surface area contributed by atoms with Crippen molar-refractivity contribution in [2.75, 3.05) is 7.11 Å². The van der Waals surface area contributed by atoms with Crippen molar-refractivity contribution in [1.29, 1.82) is 0 Å². The molecule has 1 fully saturated rings. The summed E-state index contributed by atoms with van der Waals surface area (Å²) in [6.45, 7) is 1.42. The second kappa shape index (κ2) is 5.93. The second-order valence-corrected chi connectivity index (χ2v) is 5.86. The van der Waals surface area contributed by atoms with E-state index in [4.69, 9.17) is 4.74 Å². The van der Waals surface area contributed by atoms with Crippen LogP contribution in [0.2, 0.25) is 0 Å². The van der Waals surface area contributed by atoms with Gasteiger partial charge in [0.15, 0.2) is 0 Å². The van der Waals surface area contributed by atoms with Crippen molar-refractivity contribution in [2.24, 2.45) is 0 Å². The molecular formula is C14H17BrN4O. The lowest BCUT2D eigenvalue weighted by Gasteiger charge is -2.11. The topological polar surface area (TPSA) is 52.0 Å². The second-order valence-electron chi connectivity index (χ2n) is 4.95. The molecule has 20 heavy (non-hydrogen) atoms. The van der Waals surface area contributed by atoms with Crippen LogP contribution in [0.4, 0.5) is 0 Å². The first-order valence-electron chi connectivity index (χ1n) is 6.69. The van der Waals surface area contributed by atoms with Gasteiger partial charge in [-0.05, 0) is 31.0 Å². The Morgan fingerprint density at radius 1 is 1.45 bits per heavy atom. The van der Waals surface area contributed by atoms with Crippen LogP contribution in [0.5, 0.6) is 5.75 Å². The molecule has 0 bridgehead atoms. The van der Waals surface area contributed by atoms with E-state index in [9.17, 15) is 0 Å². The lowest BCUT2D eigenvalue weighted by Crippen LogP contribution is -2.19. The predicted molar refractivity (Wildman–Crippen MR) is 79.7 cm³/mol. The van der Waals surface area contributed by atoms with Crippen molar-refractivity contribution in [3.05, 3.63) is 40.4 Å². The Bertz CT molecular complexity index is 595. The fraction of sp³-hybridized carbons (Fsp3) is 0.429. The summed E-state index contributed by atoms with van der Waals surface area (Å²) in [5, 5.41) is 7.77. The summed E-state index contributed by atoms with van der Waals surface area (Å²) in [5.74, 6) is 1.82.